The Balaban J connectivity index is 2.50. The van der Waals surface area contributed by atoms with Crippen LogP contribution in [0.15, 0.2) is 17.7 Å². The van der Waals surface area contributed by atoms with Gasteiger partial charge in [-0.25, -0.2) is 4.79 Å². The topological polar surface area (TPSA) is 83.1 Å². The Bertz CT molecular complexity index is 652. The number of carbonyl (C=O) groups excluding carboxylic acids is 2. The second-order valence-electron chi connectivity index (χ2n) is 4.86. The van der Waals surface area contributed by atoms with Crippen molar-refractivity contribution in [3.63, 3.8) is 0 Å². The van der Waals surface area contributed by atoms with Gasteiger partial charge in [-0.15, -0.1) is 0 Å². The third kappa shape index (κ3) is 3.39. The number of esters is 2. The summed E-state index contributed by atoms with van der Waals surface area (Å²) < 4.78 is 20.1. The summed E-state index contributed by atoms with van der Waals surface area (Å²) in [4.78, 5) is 23.6. The minimum atomic E-state index is -0.556. The number of nitrogens with one attached hydrogen (secondary N) is 1. The van der Waals surface area contributed by atoms with Crippen molar-refractivity contribution in [2.24, 2.45) is 0 Å². The Morgan fingerprint density at radius 3 is 2.39 bits per heavy atom. The van der Waals surface area contributed by atoms with Gasteiger partial charge in [-0.2, -0.15) is 0 Å². The molecule has 1 unspecified atom stereocenters. The van der Waals surface area contributed by atoms with E-state index in [4.69, 9.17) is 14.2 Å². The zero-order valence-corrected chi connectivity index (χ0v) is 13.5. The molecule has 0 fully saturated rings. The summed E-state index contributed by atoms with van der Waals surface area (Å²) >= 11 is 0. The molecule has 1 heterocycles. The van der Waals surface area contributed by atoms with E-state index < -0.39 is 18.0 Å². The van der Waals surface area contributed by atoms with Crippen molar-refractivity contribution in [3.8, 4) is 11.5 Å². The van der Waals surface area contributed by atoms with E-state index in [0.717, 1.165) is 0 Å². The van der Waals surface area contributed by atoms with E-state index in [1.807, 2.05) is 0 Å². The van der Waals surface area contributed by atoms with Crippen LogP contribution in [0.4, 0.5) is 5.69 Å². The van der Waals surface area contributed by atoms with Gasteiger partial charge in [-0.05, 0) is 6.08 Å². The molecule has 7 nitrogen and oxygen atoms in total. The Labute approximate surface area is 134 Å². The molecule has 1 N–H and O–H groups in total. The van der Waals surface area contributed by atoms with Gasteiger partial charge in [0, 0.05) is 23.4 Å². The van der Waals surface area contributed by atoms with Crippen molar-refractivity contribution in [1.82, 2.24) is 0 Å². The molecular formula is C16H19NO6. The summed E-state index contributed by atoms with van der Waals surface area (Å²) in [5.41, 5.74) is 1.71. The largest absolute Gasteiger partial charge is 0.497 e. The summed E-state index contributed by atoms with van der Waals surface area (Å²) in [5.74, 6) is 0.190. The number of carbonyl (C=O) groups is 2. The molecule has 0 aliphatic carbocycles. The molecule has 0 aromatic heterocycles. The molecule has 23 heavy (non-hydrogen) atoms. The van der Waals surface area contributed by atoms with Gasteiger partial charge in [0.15, 0.2) is 0 Å². The fourth-order valence-electron chi connectivity index (χ4n) is 2.41. The molecular weight excluding hydrogens is 302 g/mol. The van der Waals surface area contributed by atoms with Gasteiger partial charge >= 0.3 is 11.9 Å². The Kier molecular flexibility index (Phi) is 5.10. The summed E-state index contributed by atoms with van der Waals surface area (Å²) in [6.45, 7) is 0. The van der Waals surface area contributed by atoms with Crippen molar-refractivity contribution in [1.29, 1.82) is 0 Å². The van der Waals surface area contributed by atoms with E-state index in [1.165, 1.54) is 21.3 Å². The fourth-order valence-corrected chi connectivity index (χ4v) is 2.41. The smallest absolute Gasteiger partial charge is 0.335 e. The molecule has 0 bridgehead atoms. The maximum atomic E-state index is 12.0. The molecule has 1 aliphatic rings. The van der Waals surface area contributed by atoms with Gasteiger partial charge in [0.2, 0.25) is 0 Å². The standard InChI is InChI=1S/C16H19NO6/c1-20-9-5-12-10(14(6-9)21-2)7-11(16(19)23-4)13(17-12)8-15(18)22-3/h5-7,13,17H,8H2,1-4H3. The third-order valence-electron chi connectivity index (χ3n) is 3.60. The maximum absolute atomic E-state index is 12.0. The van der Waals surface area contributed by atoms with E-state index in [-0.39, 0.29) is 6.42 Å². The number of anilines is 1. The SMILES string of the molecule is COC(=O)CC1Nc2cc(OC)cc(OC)c2C=C1C(=O)OC. The molecule has 0 saturated heterocycles. The predicted octanol–water partition coefficient (Wildman–Crippen LogP) is 1.62. The zero-order chi connectivity index (χ0) is 17.0. The number of benzene rings is 1. The van der Waals surface area contributed by atoms with Gasteiger partial charge < -0.3 is 24.3 Å². The molecule has 0 radical (unpaired) electrons. The number of hydrogen-bond donors (Lipinski definition) is 1. The zero-order valence-electron chi connectivity index (χ0n) is 13.5. The summed E-state index contributed by atoms with van der Waals surface area (Å²) in [5, 5.41) is 3.15. The third-order valence-corrected chi connectivity index (χ3v) is 3.60. The lowest BCUT2D eigenvalue weighted by Gasteiger charge is -2.27. The molecule has 0 amide bonds. The molecule has 2 rings (SSSR count). The first-order valence-corrected chi connectivity index (χ1v) is 6.93. The van der Waals surface area contributed by atoms with E-state index >= 15 is 0 Å². The van der Waals surface area contributed by atoms with Gasteiger partial charge in [-0.1, -0.05) is 0 Å². The van der Waals surface area contributed by atoms with Crippen molar-refractivity contribution in [2.75, 3.05) is 33.8 Å². The van der Waals surface area contributed by atoms with E-state index in [2.05, 4.69) is 10.1 Å². The number of rotatable bonds is 5. The minimum Gasteiger partial charge on any atom is -0.497 e. The molecule has 1 aromatic rings. The lowest BCUT2D eigenvalue weighted by molar-refractivity contribution is -0.140. The summed E-state index contributed by atoms with van der Waals surface area (Å²) in [7, 11) is 5.67. The monoisotopic (exact) mass is 321 g/mol. The average Bonchev–Trinajstić information content (AvgIpc) is 2.58. The molecule has 0 spiro atoms. The van der Waals surface area contributed by atoms with E-state index in [0.29, 0.717) is 28.3 Å². The first-order chi connectivity index (χ1) is 11.0. The van der Waals surface area contributed by atoms with Crippen LogP contribution in [0.1, 0.15) is 12.0 Å². The molecule has 0 saturated carbocycles. The van der Waals surface area contributed by atoms with Crippen LogP contribution in [-0.2, 0) is 19.1 Å². The Hall–Kier alpha value is -2.70. The first kappa shape index (κ1) is 16.7. The van der Waals surface area contributed by atoms with Crippen LogP contribution < -0.4 is 14.8 Å². The maximum Gasteiger partial charge on any atom is 0.335 e. The lowest BCUT2D eigenvalue weighted by Crippen LogP contribution is -2.32. The van der Waals surface area contributed by atoms with Crippen LogP contribution in [-0.4, -0.2) is 46.4 Å². The predicted molar refractivity (Wildman–Crippen MR) is 83.6 cm³/mol. The van der Waals surface area contributed by atoms with Gasteiger partial charge in [0.25, 0.3) is 0 Å². The molecule has 1 aromatic carbocycles. The second kappa shape index (κ2) is 7.04. The average molecular weight is 321 g/mol. The Morgan fingerprint density at radius 2 is 1.83 bits per heavy atom. The van der Waals surface area contributed by atoms with Gasteiger partial charge in [0.05, 0.1) is 46.5 Å². The quantitative estimate of drug-likeness (QED) is 0.825. The first-order valence-electron chi connectivity index (χ1n) is 6.93. The van der Waals surface area contributed by atoms with Crippen molar-refractivity contribution < 1.29 is 28.5 Å². The lowest BCUT2D eigenvalue weighted by atomic mass is 9.94. The van der Waals surface area contributed by atoms with Crippen molar-refractivity contribution >= 4 is 23.7 Å². The Morgan fingerprint density at radius 1 is 1.09 bits per heavy atom. The second-order valence-corrected chi connectivity index (χ2v) is 4.86. The van der Waals surface area contributed by atoms with Gasteiger partial charge in [0.1, 0.15) is 11.5 Å². The fraction of sp³-hybridized carbons (Fsp3) is 0.375. The number of ether oxygens (including phenoxy) is 4. The van der Waals surface area contributed by atoms with Crippen LogP contribution in [0.5, 0.6) is 11.5 Å². The highest BCUT2D eigenvalue weighted by molar-refractivity contribution is 6.00. The number of hydrogen-bond acceptors (Lipinski definition) is 7. The van der Waals surface area contributed by atoms with Crippen molar-refractivity contribution in [2.45, 2.75) is 12.5 Å². The normalized spacial score (nSPS) is 15.7. The summed E-state index contributed by atoms with van der Waals surface area (Å²) in [6, 6.07) is 2.93. The molecule has 1 atom stereocenters. The minimum absolute atomic E-state index is 0.00357. The van der Waals surface area contributed by atoms with Gasteiger partial charge in [-0.3, -0.25) is 4.79 Å². The van der Waals surface area contributed by atoms with Crippen LogP contribution >= 0.6 is 0 Å². The highest BCUT2D eigenvalue weighted by atomic mass is 16.5. The molecule has 7 heteroatoms. The van der Waals surface area contributed by atoms with E-state index in [1.54, 1.807) is 25.3 Å². The van der Waals surface area contributed by atoms with Crippen LogP contribution in [0.3, 0.4) is 0 Å². The summed E-state index contributed by atoms with van der Waals surface area (Å²) in [6.07, 6.45) is 1.65. The van der Waals surface area contributed by atoms with Crippen LogP contribution in [0.2, 0.25) is 0 Å². The van der Waals surface area contributed by atoms with E-state index in [9.17, 15) is 9.59 Å². The van der Waals surface area contributed by atoms with Crippen LogP contribution in [0.25, 0.3) is 6.08 Å². The number of fused-ring (bicyclic) bond motifs is 1. The highest BCUT2D eigenvalue weighted by Crippen LogP contribution is 2.38. The van der Waals surface area contributed by atoms with Crippen LogP contribution in [0, 0.1) is 0 Å². The van der Waals surface area contributed by atoms with Crippen molar-refractivity contribution in [3.05, 3.63) is 23.3 Å². The molecule has 1 aliphatic heterocycles. The highest BCUT2D eigenvalue weighted by Gasteiger charge is 2.30. The molecule has 124 valence electrons. The number of methoxy groups -OCH3 is 4.